The molecule has 0 atom stereocenters. The second kappa shape index (κ2) is 5.98. The number of nitrogens with zero attached hydrogens (tertiary/aromatic N) is 1. The highest BCUT2D eigenvalue weighted by atomic mass is 127. The molecule has 0 unspecified atom stereocenters. The molecule has 0 saturated carbocycles. The van der Waals surface area contributed by atoms with Gasteiger partial charge in [-0.1, -0.05) is 11.6 Å². The van der Waals surface area contributed by atoms with Crippen LogP contribution >= 0.6 is 46.0 Å². The molecule has 2 aromatic rings. The predicted octanol–water partition coefficient (Wildman–Crippen LogP) is 4.91. The van der Waals surface area contributed by atoms with Crippen molar-refractivity contribution in [1.82, 2.24) is 0 Å². The van der Waals surface area contributed by atoms with Crippen molar-refractivity contribution in [3.8, 4) is 0 Å². The van der Waals surface area contributed by atoms with Gasteiger partial charge in [-0.25, -0.2) is 4.99 Å². The molecule has 21 heavy (non-hydrogen) atoms. The Morgan fingerprint density at radius 1 is 1.33 bits per heavy atom. The summed E-state index contributed by atoms with van der Waals surface area (Å²) in [5, 5.41) is 1.11. The van der Waals surface area contributed by atoms with Crippen LogP contribution in [0.3, 0.4) is 0 Å². The minimum absolute atomic E-state index is 0.103. The molecule has 3 rings (SSSR count). The van der Waals surface area contributed by atoms with E-state index in [1.807, 2.05) is 37.3 Å². The van der Waals surface area contributed by atoms with E-state index >= 15 is 0 Å². The Balaban J connectivity index is 1.99. The number of hydrogen-bond acceptors (Lipinski definition) is 4. The Labute approximate surface area is 144 Å². The number of thioether (sulfide) groups is 1. The van der Waals surface area contributed by atoms with Crippen molar-refractivity contribution in [2.24, 2.45) is 4.99 Å². The second-order valence-corrected chi connectivity index (χ2v) is 7.02. The van der Waals surface area contributed by atoms with Gasteiger partial charge in [-0.2, -0.15) is 0 Å². The summed E-state index contributed by atoms with van der Waals surface area (Å²) in [5.74, 6) is 1.42. The molecule has 106 valence electrons. The van der Waals surface area contributed by atoms with Crippen molar-refractivity contribution in [1.29, 1.82) is 0 Å². The van der Waals surface area contributed by atoms with E-state index in [9.17, 15) is 4.79 Å². The first-order valence-corrected chi connectivity index (χ1v) is 8.35. The van der Waals surface area contributed by atoms with Gasteiger partial charge in [0, 0.05) is 15.2 Å². The standard InChI is InChI=1S/C15H9ClINO2S/c1-8-2-4-10(20-8)7-13-15(19)21-14(18-13)11-6-9(17)3-5-12(11)16/h2-7H,1H3/b13-7-. The van der Waals surface area contributed by atoms with Crippen LogP contribution in [0.2, 0.25) is 5.02 Å². The Morgan fingerprint density at radius 3 is 2.86 bits per heavy atom. The normalized spacial score (nSPS) is 16.6. The van der Waals surface area contributed by atoms with Crippen molar-refractivity contribution >= 4 is 62.2 Å². The number of furan rings is 1. The highest BCUT2D eigenvalue weighted by molar-refractivity contribution is 14.1. The summed E-state index contributed by atoms with van der Waals surface area (Å²) < 4.78 is 6.49. The number of aliphatic imine (C=N–C) groups is 1. The van der Waals surface area contributed by atoms with E-state index in [-0.39, 0.29) is 5.12 Å². The maximum atomic E-state index is 12.1. The number of benzene rings is 1. The zero-order valence-electron chi connectivity index (χ0n) is 10.9. The van der Waals surface area contributed by atoms with Crippen molar-refractivity contribution in [2.75, 3.05) is 0 Å². The van der Waals surface area contributed by atoms with Gasteiger partial charge in [0.25, 0.3) is 0 Å². The monoisotopic (exact) mass is 429 g/mol. The topological polar surface area (TPSA) is 42.6 Å². The predicted molar refractivity (Wildman–Crippen MR) is 94.7 cm³/mol. The highest BCUT2D eigenvalue weighted by Gasteiger charge is 2.25. The molecule has 1 aromatic carbocycles. The second-order valence-electron chi connectivity index (χ2n) is 4.41. The van der Waals surface area contributed by atoms with Gasteiger partial charge in [0.15, 0.2) is 0 Å². The summed E-state index contributed by atoms with van der Waals surface area (Å²) in [5.41, 5.74) is 1.15. The number of halogens is 2. The van der Waals surface area contributed by atoms with Crippen LogP contribution in [0.4, 0.5) is 0 Å². The molecule has 0 amide bonds. The summed E-state index contributed by atoms with van der Waals surface area (Å²) in [6.45, 7) is 1.85. The molecule has 0 radical (unpaired) electrons. The van der Waals surface area contributed by atoms with Crippen molar-refractivity contribution < 1.29 is 9.21 Å². The van der Waals surface area contributed by atoms with Gasteiger partial charge in [-0.05, 0) is 71.6 Å². The lowest BCUT2D eigenvalue weighted by atomic mass is 10.2. The van der Waals surface area contributed by atoms with Crippen molar-refractivity contribution in [2.45, 2.75) is 6.92 Å². The lowest BCUT2D eigenvalue weighted by Crippen LogP contribution is -1.94. The summed E-state index contributed by atoms with van der Waals surface area (Å²) >= 11 is 9.48. The first kappa shape index (κ1) is 14.9. The van der Waals surface area contributed by atoms with Crippen molar-refractivity contribution in [3.05, 3.63) is 61.7 Å². The fourth-order valence-electron chi connectivity index (χ4n) is 1.85. The molecule has 2 heterocycles. The number of aryl methyl sites for hydroxylation is 1. The van der Waals surface area contributed by atoms with Crippen LogP contribution in [-0.2, 0) is 4.79 Å². The van der Waals surface area contributed by atoms with Gasteiger partial charge in [0.1, 0.15) is 22.3 Å². The van der Waals surface area contributed by atoms with Gasteiger partial charge in [0.2, 0.25) is 5.12 Å². The van der Waals surface area contributed by atoms with Crippen LogP contribution in [0.5, 0.6) is 0 Å². The third-order valence-corrected chi connectivity index (χ3v) is 4.72. The Hall–Kier alpha value is -1.05. The van der Waals surface area contributed by atoms with Crippen LogP contribution in [0, 0.1) is 10.5 Å². The van der Waals surface area contributed by atoms with Crippen LogP contribution < -0.4 is 0 Å². The van der Waals surface area contributed by atoms with Gasteiger partial charge in [-0.15, -0.1) is 0 Å². The van der Waals surface area contributed by atoms with Gasteiger partial charge in [0.05, 0.1) is 5.02 Å². The minimum atomic E-state index is -0.103. The Bertz CT molecular complexity index is 795. The molecule has 0 bridgehead atoms. The lowest BCUT2D eigenvalue weighted by Gasteiger charge is -2.02. The SMILES string of the molecule is Cc1ccc(/C=C2\N=C(c3cc(I)ccc3Cl)SC2=O)o1. The summed E-state index contributed by atoms with van der Waals surface area (Å²) in [6.07, 6.45) is 1.65. The molecule has 3 nitrogen and oxygen atoms in total. The number of rotatable bonds is 2. The fraction of sp³-hybridized carbons (Fsp3) is 0.0667. The molecular weight excluding hydrogens is 421 g/mol. The number of carbonyl (C=O) groups is 1. The number of hydrogen-bond donors (Lipinski definition) is 0. The average molecular weight is 430 g/mol. The van der Waals surface area contributed by atoms with E-state index in [0.29, 0.717) is 21.5 Å². The Morgan fingerprint density at radius 2 is 2.14 bits per heavy atom. The number of carbonyl (C=O) groups excluding carboxylic acids is 1. The smallest absolute Gasteiger partial charge is 0.244 e. The molecule has 0 saturated heterocycles. The molecule has 1 aromatic heterocycles. The van der Waals surface area contributed by atoms with Crippen LogP contribution in [0.1, 0.15) is 17.1 Å². The molecule has 1 aliphatic rings. The zero-order chi connectivity index (χ0) is 15.0. The first-order chi connectivity index (χ1) is 10.0. The van der Waals surface area contributed by atoms with E-state index in [1.54, 1.807) is 6.08 Å². The maximum absolute atomic E-state index is 12.1. The maximum Gasteiger partial charge on any atom is 0.244 e. The third kappa shape index (κ3) is 3.25. The first-order valence-electron chi connectivity index (χ1n) is 6.07. The molecular formula is C15H9ClINO2S. The summed E-state index contributed by atoms with van der Waals surface area (Å²) in [4.78, 5) is 16.4. The molecule has 6 heteroatoms. The van der Waals surface area contributed by atoms with Crippen LogP contribution in [-0.4, -0.2) is 10.2 Å². The molecule has 0 N–H and O–H groups in total. The molecule has 1 aliphatic heterocycles. The fourth-order valence-corrected chi connectivity index (χ4v) is 3.41. The zero-order valence-corrected chi connectivity index (χ0v) is 14.6. The van der Waals surface area contributed by atoms with E-state index in [4.69, 9.17) is 16.0 Å². The lowest BCUT2D eigenvalue weighted by molar-refractivity contribution is -0.107. The van der Waals surface area contributed by atoms with Crippen molar-refractivity contribution in [3.63, 3.8) is 0 Å². The summed E-state index contributed by atoms with van der Waals surface area (Å²) in [6, 6.07) is 9.30. The van der Waals surface area contributed by atoms with E-state index < -0.39 is 0 Å². The van der Waals surface area contributed by atoms with E-state index in [2.05, 4.69) is 27.6 Å². The van der Waals surface area contributed by atoms with Crippen LogP contribution in [0.25, 0.3) is 6.08 Å². The largest absolute Gasteiger partial charge is 0.462 e. The van der Waals surface area contributed by atoms with E-state index in [0.717, 1.165) is 26.7 Å². The molecule has 0 fully saturated rings. The van der Waals surface area contributed by atoms with Gasteiger partial charge < -0.3 is 4.42 Å². The minimum Gasteiger partial charge on any atom is -0.462 e. The van der Waals surface area contributed by atoms with Gasteiger partial charge >= 0.3 is 0 Å². The highest BCUT2D eigenvalue weighted by Crippen LogP contribution is 2.32. The van der Waals surface area contributed by atoms with Crippen LogP contribution in [0.15, 0.2) is 45.4 Å². The molecule has 0 aliphatic carbocycles. The Kier molecular flexibility index (Phi) is 4.24. The average Bonchev–Trinajstić information content (AvgIpc) is 3.00. The molecule has 0 spiro atoms. The van der Waals surface area contributed by atoms with Gasteiger partial charge in [-0.3, -0.25) is 4.79 Å². The third-order valence-electron chi connectivity index (χ3n) is 2.82. The quantitative estimate of drug-likeness (QED) is 0.503. The summed E-state index contributed by atoms with van der Waals surface area (Å²) in [7, 11) is 0. The van der Waals surface area contributed by atoms with E-state index in [1.165, 1.54) is 0 Å².